The van der Waals surface area contributed by atoms with E-state index < -0.39 is 9.84 Å². The first-order valence-corrected chi connectivity index (χ1v) is 9.19. The average molecular weight is 297 g/mol. The number of hydrogen-bond acceptors (Lipinski definition) is 6. The normalized spacial score (nSPS) is 13.3. The quantitative estimate of drug-likeness (QED) is 0.472. The summed E-state index contributed by atoms with van der Waals surface area (Å²) >= 11 is 1.54. The van der Waals surface area contributed by atoms with Gasteiger partial charge in [-0.3, -0.25) is 4.79 Å². The van der Waals surface area contributed by atoms with Crippen molar-refractivity contribution in [3.63, 3.8) is 0 Å². The molecule has 0 fully saturated rings. The SMILES string of the molecule is CCCNC(CCSCCS(C)(=O)=O)C(=O)OC. The zero-order chi connectivity index (χ0) is 14.0. The molecule has 0 saturated carbocycles. The Hall–Kier alpha value is -0.270. The average Bonchev–Trinajstić information content (AvgIpc) is 2.30. The standard InChI is InChI=1S/C11H23NO4S2/c1-4-6-12-10(11(13)16-2)5-7-17-8-9-18(3,14)15/h10,12H,4-9H2,1-3H3. The molecule has 0 bridgehead atoms. The number of hydrogen-bond donors (Lipinski definition) is 1. The van der Waals surface area contributed by atoms with Crippen LogP contribution in [0.5, 0.6) is 0 Å². The van der Waals surface area contributed by atoms with Crippen LogP contribution in [-0.4, -0.2) is 57.6 Å². The Labute approximate surface area is 114 Å². The van der Waals surface area contributed by atoms with E-state index in [9.17, 15) is 13.2 Å². The second kappa shape index (κ2) is 9.63. The van der Waals surface area contributed by atoms with Crippen LogP contribution in [0.3, 0.4) is 0 Å². The molecule has 0 aliphatic carbocycles. The van der Waals surface area contributed by atoms with E-state index in [2.05, 4.69) is 5.32 Å². The molecule has 108 valence electrons. The molecule has 0 aromatic rings. The molecule has 0 heterocycles. The summed E-state index contributed by atoms with van der Waals surface area (Å²) in [4.78, 5) is 11.5. The van der Waals surface area contributed by atoms with Crippen LogP contribution in [0.15, 0.2) is 0 Å². The second-order valence-electron chi connectivity index (χ2n) is 4.06. The van der Waals surface area contributed by atoms with Crippen molar-refractivity contribution in [1.29, 1.82) is 0 Å². The van der Waals surface area contributed by atoms with Gasteiger partial charge in [0.25, 0.3) is 0 Å². The van der Waals surface area contributed by atoms with E-state index in [0.29, 0.717) is 12.2 Å². The fourth-order valence-electron chi connectivity index (χ4n) is 1.28. The van der Waals surface area contributed by atoms with Gasteiger partial charge in [0.15, 0.2) is 0 Å². The van der Waals surface area contributed by atoms with Crippen LogP contribution in [0.4, 0.5) is 0 Å². The highest BCUT2D eigenvalue weighted by Gasteiger charge is 2.17. The lowest BCUT2D eigenvalue weighted by Crippen LogP contribution is -2.38. The third-order valence-electron chi connectivity index (χ3n) is 2.28. The summed E-state index contributed by atoms with van der Waals surface area (Å²) < 4.78 is 26.6. The van der Waals surface area contributed by atoms with Gasteiger partial charge in [-0.05, 0) is 25.1 Å². The molecule has 0 spiro atoms. The van der Waals surface area contributed by atoms with Crippen molar-refractivity contribution in [2.45, 2.75) is 25.8 Å². The van der Waals surface area contributed by atoms with Crippen LogP contribution in [0.1, 0.15) is 19.8 Å². The van der Waals surface area contributed by atoms with E-state index in [1.54, 1.807) is 11.8 Å². The highest BCUT2D eigenvalue weighted by Crippen LogP contribution is 2.07. The maximum atomic E-state index is 11.5. The van der Waals surface area contributed by atoms with E-state index in [1.165, 1.54) is 13.4 Å². The fraction of sp³-hybridized carbons (Fsp3) is 0.909. The second-order valence-corrected chi connectivity index (χ2v) is 7.55. The number of carbonyl (C=O) groups excluding carboxylic acids is 1. The fourth-order valence-corrected chi connectivity index (χ4v) is 3.57. The van der Waals surface area contributed by atoms with Crippen LogP contribution in [0, 0.1) is 0 Å². The molecule has 1 unspecified atom stereocenters. The topological polar surface area (TPSA) is 72.5 Å². The zero-order valence-corrected chi connectivity index (χ0v) is 12.9. The Morgan fingerprint density at radius 1 is 1.39 bits per heavy atom. The number of nitrogens with one attached hydrogen (secondary N) is 1. The van der Waals surface area contributed by atoms with E-state index in [0.717, 1.165) is 18.7 Å². The minimum atomic E-state index is -2.89. The van der Waals surface area contributed by atoms with E-state index >= 15 is 0 Å². The number of carbonyl (C=O) groups is 1. The summed E-state index contributed by atoms with van der Waals surface area (Å²) in [7, 11) is -1.51. The third-order valence-corrected chi connectivity index (χ3v) is 4.50. The van der Waals surface area contributed by atoms with Gasteiger partial charge in [0, 0.05) is 12.0 Å². The van der Waals surface area contributed by atoms with Gasteiger partial charge in [0.2, 0.25) is 0 Å². The molecule has 0 aromatic heterocycles. The summed E-state index contributed by atoms with van der Waals surface area (Å²) in [5.74, 6) is 1.24. The van der Waals surface area contributed by atoms with E-state index in [-0.39, 0.29) is 17.8 Å². The van der Waals surface area contributed by atoms with Gasteiger partial charge < -0.3 is 10.1 Å². The van der Waals surface area contributed by atoms with Crippen LogP contribution in [-0.2, 0) is 19.4 Å². The summed E-state index contributed by atoms with van der Waals surface area (Å²) in [6.45, 7) is 2.80. The molecule has 5 nitrogen and oxygen atoms in total. The number of rotatable bonds is 10. The van der Waals surface area contributed by atoms with Crippen molar-refractivity contribution in [2.75, 3.05) is 37.2 Å². The first-order valence-electron chi connectivity index (χ1n) is 5.97. The number of methoxy groups -OCH3 is 1. The van der Waals surface area contributed by atoms with E-state index in [1.807, 2.05) is 6.92 Å². The minimum absolute atomic E-state index is 0.183. The zero-order valence-electron chi connectivity index (χ0n) is 11.3. The van der Waals surface area contributed by atoms with Crippen LogP contribution in [0.2, 0.25) is 0 Å². The summed E-state index contributed by atoms with van der Waals surface area (Å²) in [6.07, 6.45) is 2.84. The largest absolute Gasteiger partial charge is 0.468 e. The Morgan fingerprint density at radius 3 is 2.56 bits per heavy atom. The van der Waals surface area contributed by atoms with Crippen molar-refractivity contribution in [3.05, 3.63) is 0 Å². The molecule has 0 aliphatic heterocycles. The minimum Gasteiger partial charge on any atom is -0.468 e. The summed E-state index contributed by atoms with van der Waals surface area (Å²) in [5.41, 5.74) is 0. The number of esters is 1. The van der Waals surface area contributed by atoms with Gasteiger partial charge >= 0.3 is 5.97 Å². The predicted octanol–water partition coefficient (Wildman–Crippen LogP) is 0.695. The molecule has 0 rings (SSSR count). The van der Waals surface area contributed by atoms with Gasteiger partial charge in [-0.15, -0.1) is 0 Å². The van der Waals surface area contributed by atoms with Gasteiger partial charge in [-0.1, -0.05) is 6.92 Å². The van der Waals surface area contributed by atoms with Crippen LogP contribution in [0.25, 0.3) is 0 Å². The lowest BCUT2D eigenvalue weighted by atomic mass is 10.2. The molecule has 0 aromatic carbocycles. The Morgan fingerprint density at radius 2 is 2.06 bits per heavy atom. The molecule has 0 aliphatic rings. The van der Waals surface area contributed by atoms with Crippen molar-refractivity contribution in [1.82, 2.24) is 5.32 Å². The molecular formula is C11H23NO4S2. The Balaban J connectivity index is 3.85. The molecule has 1 atom stereocenters. The smallest absolute Gasteiger partial charge is 0.322 e. The van der Waals surface area contributed by atoms with Crippen molar-refractivity contribution < 1.29 is 17.9 Å². The maximum Gasteiger partial charge on any atom is 0.322 e. The highest BCUT2D eigenvalue weighted by atomic mass is 32.2. The Kier molecular flexibility index (Phi) is 9.49. The number of thioether (sulfide) groups is 1. The lowest BCUT2D eigenvalue weighted by Gasteiger charge is -2.15. The molecular weight excluding hydrogens is 274 g/mol. The lowest BCUT2D eigenvalue weighted by molar-refractivity contribution is -0.143. The number of ether oxygens (including phenoxy) is 1. The molecule has 7 heteroatoms. The molecule has 0 amide bonds. The summed E-state index contributed by atoms with van der Waals surface area (Å²) in [5, 5.41) is 3.12. The Bertz CT molecular complexity index is 330. The highest BCUT2D eigenvalue weighted by molar-refractivity contribution is 8.00. The van der Waals surface area contributed by atoms with Crippen molar-refractivity contribution >= 4 is 27.6 Å². The van der Waals surface area contributed by atoms with Crippen LogP contribution >= 0.6 is 11.8 Å². The monoisotopic (exact) mass is 297 g/mol. The molecule has 0 radical (unpaired) electrons. The summed E-state index contributed by atoms with van der Waals surface area (Å²) in [6, 6.07) is -0.291. The van der Waals surface area contributed by atoms with Crippen molar-refractivity contribution in [3.8, 4) is 0 Å². The van der Waals surface area contributed by atoms with Crippen LogP contribution < -0.4 is 5.32 Å². The van der Waals surface area contributed by atoms with Gasteiger partial charge in [0.1, 0.15) is 15.9 Å². The first kappa shape index (κ1) is 17.7. The first-order chi connectivity index (χ1) is 8.40. The van der Waals surface area contributed by atoms with E-state index in [4.69, 9.17) is 4.74 Å². The van der Waals surface area contributed by atoms with Gasteiger partial charge in [-0.25, -0.2) is 8.42 Å². The molecule has 18 heavy (non-hydrogen) atoms. The number of sulfone groups is 1. The third kappa shape index (κ3) is 9.73. The predicted molar refractivity (Wildman–Crippen MR) is 75.8 cm³/mol. The molecule has 1 N–H and O–H groups in total. The van der Waals surface area contributed by atoms with Gasteiger partial charge in [0.05, 0.1) is 12.9 Å². The molecule has 0 saturated heterocycles. The van der Waals surface area contributed by atoms with Crippen molar-refractivity contribution in [2.24, 2.45) is 0 Å². The van der Waals surface area contributed by atoms with Gasteiger partial charge in [-0.2, -0.15) is 11.8 Å². The maximum absolute atomic E-state index is 11.5.